The molecule has 0 unspecified atom stereocenters. The van der Waals surface area contributed by atoms with Gasteiger partial charge in [0.25, 0.3) is 5.91 Å². The number of rotatable bonds is 8. The maximum atomic E-state index is 13.3. The van der Waals surface area contributed by atoms with E-state index in [4.69, 9.17) is 16.8 Å². The second-order valence-electron chi connectivity index (χ2n) is 7.78. The summed E-state index contributed by atoms with van der Waals surface area (Å²) in [5.74, 6) is -1.60. The molecule has 1 aromatic heterocycles. The van der Waals surface area contributed by atoms with Gasteiger partial charge in [0.05, 0.1) is 30.2 Å². The molecule has 0 radical (unpaired) electrons. The summed E-state index contributed by atoms with van der Waals surface area (Å²) < 4.78 is 14.9. The Bertz CT molecular complexity index is 1340. The maximum Gasteiger partial charge on any atom is 0.251 e. The lowest BCUT2D eigenvalue weighted by Crippen LogP contribution is -2.25. The van der Waals surface area contributed by atoms with E-state index >= 15 is 0 Å². The fraction of sp³-hybridized carbons (Fsp3) is 0.167. The Kier molecular flexibility index (Phi) is 7.15. The highest BCUT2D eigenvalue weighted by atomic mass is 35.5. The summed E-state index contributed by atoms with van der Waals surface area (Å²) in [6.45, 7) is 0.0721. The zero-order chi connectivity index (χ0) is 24.1. The van der Waals surface area contributed by atoms with Crippen LogP contribution in [-0.4, -0.2) is 32.0 Å². The van der Waals surface area contributed by atoms with Crippen LogP contribution < -0.4 is 10.8 Å². The van der Waals surface area contributed by atoms with E-state index in [0.29, 0.717) is 12.1 Å². The van der Waals surface area contributed by atoms with E-state index in [2.05, 4.69) is 15.6 Å². The van der Waals surface area contributed by atoms with Gasteiger partial charge in [0.1, 0.15) is 11.5 Å². The van der Waals surface area contributed by atoms with E-state index in [-0.39, 0.29) is 23.6 Å². The lowest BCUT2D eigenvalue weighted by molar-refractivity contribution is -0.130. The van der Waals surface area contributed by atoms with Crippen molar-refractivity contribution in [3.8, 4) is 0 Å². The average molecular weight is 482 g/mol. The molecule has 2 amide bonds. The molecule has 3 N–H and O–H groups in total. The van der Waals surface area contributed by atoms with E-state index in [1.807, 2.05) is 42.5 Å². The van der Waals surface area contributed by atoms with Crippen LogP contribution in [0.25, 0.3) is 10.8 Å². The van der Waals surface area contributed by atoms with Gasteiger partial charge in [-0.3, -0.25) is 14.8 Å². The molecule has 174 valence electrons. The number of amides is 2. The molecule has 1 atom stereocenters. The van der Waals surface area contributed by atoms with E-state index in [0.717, 1.165) is 22.4 Å². The molecule has 4 rings (SSSR count). The van der Waals surface area contributed by atoms with Crippen molar-refractivity contribution in [2.24, 2.45) is 0 Å². The van der Waals surface area contributed by atoms with Crippen LogP contribution in [0.5, 0.6) is 0 Å². The quantitative estimate of drug-likeness (QED) is 0.262. The van der Waals surface area contributed by atoms with E-state index < -0.39 is 23.7 Å². The summed E-state index contributed by atoms with van der Waals surface area (Å²) in [5, 5.41) is 21.9. The van der Waals surface area contributed by atoms with Crippen LogP contribution in [0.4, 0.5) is 4.39 Å². The first-order valence-electron chi connectivity index (χ1n) is 10.5. The number of hydroxylamine groups is 1. The molecule has 0 bridgehead atoms. The number of carbonyl (C=O) groups is 2. The Hall–Kier alpha value is -3.82. The molecule has 0 aliphatic rings. The first-order valence-corrected chi connectivity index (χ1v) is 10.9. The SMILES string of the molecule is O=C(C[C@@H](Cc1ccc2ccccc2c1)n1cc(CNC(=O)c2ccc(F)c(Cl)c2)nn1)NO. The van der Waals surface area contributed by atoms with Crippen LogP contribution in [0.15, 0.2) is 66.9 Å². The van der Waals surface area contributed by atoms with Crippen LogP contribution in [0, 0.1) is 5.82 Å². The van der Waals surface area contributed by atoms with Crippen molar-refractivity contribution in [2.45, 2.75) is 25.4 Å². The summed E-state index contributed by atoms with van der Waals surface area (Å²) in [5.41, 5.74) is 3.34. The molecule has 0 aliphatic heterocycles. The van der Waals surface area contributed by atoms with Crippen molar-refractivity contribution in [3.05, 3.63) is 94.5 Å². The largest absolute Gasteiger partial charge is 0.346 e. The highest BCUT2D eigenvalue weighted by Gasteiger charge is 2.19. The van der Waals surface area contributed by atoms with Gasteiger partial charge in [0.15, 0.2) is 0 Å². The number of nitrogens with zero attached hydrogens (tertiary/aromatic N) is 3. The van der Waals surface area contributed by atoms with Crippen LogP contribution >= 0.6 is 11.6 Å². The van der Waals surface area contributed by atoms with Gasteiger partial charge in [-0.25, -0.2) is 14.6 Å². The monoisotopic (exact) mass is 481 g/mol. The molecule has 0 saturated carbocycles. The number of benzene rings is 3. The van der Waals surface area contributed by atoms with Gasteiger partial charge in [0.2, 0.25) is 5.91 Å². The van der Waals surface area contributed by atoms with Crippen molar-refractivity contribution in [2.75, 3.05) is 0 Å². The second-order valence-corrected chi connectivity index (χ2v) is 8.19. The van der Waals surface area contributed by atoms with E-state index in [1.165, 1.54) is 12.1 Å². The lowest BCUT2D eigenvalue weighted by atomic mass is 10.00. The zero-order valence-electron chi connectivity index (χ0n) is 17.9. The van der Waals surface area contributed by atoms with Crippen LogP contribution in [0.2, 0.25) is 5.02 Å². The summed E-state index contributed by atoms with van der Waals surface area (Å²) in [4.78, 5) is 24.2. The molecule has 34 heavy (non-hydrogen) atoms. The van der Waals surface area contributed by atoms with Gasteiger partial charge in [-0.05, 0) is 41.0 Å². The predicted molar refractivity (Wildman–Crippen MR) is 124 cm³/mol. The standard InChI is InChI=1S/C24H21ClFN5O3/c25-21-11-18(7-8-22(21)26)24(33)27-13-19-14-31(30-28-19)20(12-23(32)29-34)10-15-5-6-16-3-1-2-4-17(16)9-15/h1-9,11,14,20,34H,10,12-13H2,(H,27,33)(H,29,32)/t20-/m1/s1. The van der Waals surface area contributed by atoms with Crippen molar-refractivity contribution in [1.82, 2.24) is 25.8 Å². The van der Waals surface area contributed by atoms with Gasteiger partial charge >= 0.3 is 0 Å². The number of hydrogen-bond acceptors (Lipinski definition) is 5. The average Bonchev–Trinajstić information content (AvgIpc) is 3.32. The maximum absolute atomic E-state index is 13.3. The Balaban J connectivity index is 1.47. The van der Waals surface area contributed by atoms with Gasteiger partial charge in [-0.2, -0.15) is 0 Å². The third kappa shape index (κ3) is 5.56. The van der Waals surface area contributed by atoms with Crippen molar-refractivity contribution in [1.29, 1.82) is 0 Å². The number of aromatic nitrogens is 3. The summed E-state index contributed by atoms with van der Waals surface area (Å²) in [6, 6.07) is 17.3. The van der Waals surface area contributed by atoms with Crippen molar-refractivity contribution in [3.63, 3.8) is 0 Å². The highest BCUT2D eigenvalue weighted by Crippen LogP contribution is 2.22. The third-order valence-corrected chi connectivity index (χ3v) is 5.66. The van der Waals surface area contributed by atoms with Gasteiger partial charge in [-0.1, -0.05) is 59.3 Å². The Morgan fingerprint density at radius 1 is 1.09 bits per heavy atom. The molecule has 0 saturated heterocycles. The number of hydrogen-bond donors (Lipinski definition) is 3. The van der Waals surface area contributed by atoms with Crippen molar-refractivity contribution < 1.29 is 19.2 Å². The molecule has 10 heteroatoms. The number of halogens is 2. The third-order valence-electron chi connectivity index (χ3n) is 5.37. The zero-order valence-corrected chi connectivity index (χ0v) is 18.7. The first kappa shape index (κ1) is 23.3. The highest BCUT2D eigenvalue weighted by molar-refractivity contribution is 6.31. The van der Waals surface area contributed by atoms with E-state index in [9.17, 15) is 14.0 Å². The molecule has 8 nitrogen and oxygen atoms in total. The number of carbonyl (C=O) groups excluding carboxylic acids is 2. The minimum absolute atomic E-state index is 0.0213. The molecule has 0 fully saturated rings. The molecule has 4 aromatic rings. The summed E-state index contributed by atoms with van der Waals surface area (Å²) in [6.07, 6.45) is 2.09. The topological polar surface area (TPSA) is 109 Å². The van der Waals surface area contributed by atoms with E-state index in [1.54, 1.807) is 16.4 Å². The second kappa shape index (κ2) is 10.4. The molecule has 1 heterocycles. The normalized spacial score (nSPS) is 11.9. The lowest BCUT2D eigenvalue weighted by Gasteiger charge is -2.16. The van der Waals surface area contributed by atoms with Gasteiger partial charge in [0, 0.05) is 5.56 Å². The molecule has 0 aliphatic carbocycles. The summed E-state index contributed by atoms with van der Waals surface area (Å²) >= 11 is 5.73. The Morgan fingerprint density at radius 3 is 2.65 bits per heavy atom. The van der Waals surface area contributed by atoms with Crippen molar-refractivity contribution >= 4 is 34.2 Å². The Morgan fingerprint density at radius 2 is 1.88 bits per heavy atom. The molecular formula is C24H21ClFN5O3. The smallest absolute Gasteiger partial charge is 0.251 e. The van der Waals surface area contributed by atoms with Crippen LogP contribution in [0.3, 0.4) is 0 Å². The molecule has 0 spiro atoms. The minimum atomic E-state index is -0.606. The molecule has 3 aromatic carbocycles. The number of nitrogens with one attached hydrogen (secondary N) is 2. The summed E-state index contributed by atoms with van der Waals surface area (Å²) in [7, 11) is 0. The van der Waals surface area contributed by atoms with Gasteiger partial charge in [-0.15, -0.1) is 5.10 Å². The number of fused-ring (bicyclic) bond motifs is 1. The minimum Gasteiger partial charge on any atom is -0.346 e. The van der Waals surface area contributed by atoms with Gasteiger partial charge < -0.3 is 5.32 Å². The predicted octanol–water partition coefficient (Wildman–Crippen LogP) is 3.83. The first-order chi connectivity index (χ1) is 16.4. The fourth-order valence-electron chi connectivity index (χ4n) is 3.64. The van der Waals surface area contributed by atoms with Crippen LogP contribution in [0.1, 0.15) is 34.1 Å². The van der Waals surface area contributed by atoms with Crippen LogP contribution in [-0.2, 0) is 17.8 Å². The Labute approximate surface area is 199 Å². The molecular weight excluding hydrogens is 461 g/mol. The fourth-order valence-corrected chi connectivity index (χ4v) is 3.82.